The van der Waals surface area contributed by atoms with E-state index in [-0.39, 0.29) is 18.1 Å². The third-order valence-corrected chi connectivity index (χ3v) is 5.36. The number of nitrogens with zero attached hydrogens (tertiary/aromatic N) is 4. The Morgan fingerprint density at radius 2 is 2.08 bits per heavy atom. The van der Waals surface area contributed by atoms with Crippen molar-refractivity contribution in [1.29, 1.82) is 0 Å². The Bertz CT molecular complexity index is 823. The van der Waals surface area contributed by atoms with Crippen LogP contribution in [0.2, 0.25) is 0 Å². The smallest absolute Gasteiger partial charge is 0.219 e. The monoisotopic (exact) mass is 352 g/mol. The molecular weight excluding hydrogens is 328 g/mol. The molecule has 2 aromatic heterocycles. The molecule has 4 rings (SSSR count). The zero-order chi connectivity index (χ0) is 18.1. The highest BCUT2D eigenvalue weighted by atomic mass is 16.3. The molecule has 2 aromatic rings. The van der Waals surface area contributed by atoms with Gasteiger partial charge in [0, 0.05) is 36.6 Å². The van der Waals surface area contributed by atoms with E-state index in [9.17, 15) is 5.11 Å². The molecule has 1 fully saturated rings. The topological polar surface area (TPSA) is 100 Å². The SMILES string of the molecule is CCN1C=Cc2cc(-c3cnc(N)nc3)nc(NC3(CO)CCC3)c2C1. The quantitative estimate of drug-likeness (QED) is 0.759. The van der Waals surface area contributed by atoms with Gasteiger partial charge in [-0.2, -0.15) is 0 Å². The molecule has 0 saturated heterocycles. The minimum Gasteiger partial charge on any atom is -0.394 e. The summed E-state index contributed by atoms with van der Waals surface area (Å²) in [6, 6.07) is 2.06. The van der Waals surface area contributed by atoms with Crippen molar-refractivity contribution in [2.45, 2.75) is 38.3 Å². The van der Waals surface area contributed by atoms with Gasteiger partial charge in [-0.1, -0.05) is 0 Å². The maximum Gasteiger partial charge on any atom is 0.219 e. The molecule has 0 atom stereocenters. The maximum absolute atomic E-state index is 9.87. The van der Waals surface area contributed by atoms with Crippen LogP contribution in [0.1, 0.15) is 37.3 Å². The van der Waals surface area contributed by atoms with Crippen LogP contribution < -0.4 is 11.1 Å². The summed E-state index contributed by atoms with van der Waals surface area (Å²) < 4.78 is 0. The highest BCUT2D eigenvalue weighted by molar-refractivity contribution is 5.71. The minimum atomic E-state index is -0.255. The Balaban J connectivity index is 1.78. The van der Waals surface area contributed by atoms with Crippen LogP contribution in [0.4, 0.5) is 11.8 Å². The average molecular weight is 352 g/mol. The van der Waals surface area contributed by atoms with Gasteiger partial charge >= 0.3 is 0 Å². The third kappa shape index (κ3) is 2.99. The van der Waals surface area contributed by atoms with Crippen LogP contribution in [0.5, 0.6) is 0 Å². The van der Waals surface area contributed by atoms with Gasteiger partial charge in [-0.3, -0.25) is 0 Å². The van der Waals surface area contributed by atoms with Gasteiger partial charge in [-0.15, -0.1) is 0 Å². The van der Waals surface area contributed by atoms with E-state index in [1.165, 1.54) is 0 Å². The van der Waals surface area contributed by atoms with Crippen molar-refractivity contribution in [3.05, 3.63) is 35.8 Å². The summed E-state index contributed by atoms with van der Waals surface area (Å²) in [5.41, 5.74) is 9.26. The lowest BCUT2D eigenvalue weighted by Gasteiger charge is -2.42. The average Bonchev–Trinajstić information content (AvgIpc) is 2.64. The fourth-order valence-corrected chi connectivity index (χ4v) is 3.46. The molecular formula is C19H24N6O. The molecule has 136 valence electrons. The van der Waals surface area contributed by atoms with Crippen molar-refractivity contribution < 1.29 is 5.11 Å². The molecule has 26 heavy (non-hydrogen) atoms. The van der Waals surface area contributed by atoms with Crippen LogP contribution in [0, 0.1) is 0 Å². The molecule has 0 spiro atoms. The number of pyridine rings is 1. The second-order valence-corrected chi connectivity index (χ2v) is 7.05. The van der Waals surface area contributed by atoms with Crippen LogP contribution in [0.15, 0.2) is 24.7 Å². The number of hydrogen-bond donors (Lipinski definition) is 3. The fourth-order valence-electron chi connectivity index (χ4n) is 3.46. The van der Waals surface area contributed by atoms with Gasteiger partial charge in [0.05, 0.1) is 17.8 Å². The molecule has 7 heteroatoms. The van der Waals surface area contributed by atoms with Gasteiger partial charge < -0.3 is 21.1 Å². The molecule has 4 N–H and O–H groups in total. The molecule has 1 aliphatic carbocycles. The lowest BCUT2D eigenvalue weighted by Crippen LogP contribution is -2.49. The van der Waals surface area contributed by atoms with E-state index < -0.39 is 0 Å². The number of aliphatic hydroxyl groups excluding tert-OH is 1. The van der Waals surface area contributed by atoms with Crippen molar-refractivity contribution >= 4 is 17.8 Å². The molecule has 2 aliphatic rings. The Morgan fingerprint density at radius 1 is 1.31 bits per heavy atom. The lowest BCUT2D eigenvalue weighted by molar-refractivity contribution is 0.143. The van der Waals surface area contributed by atoms with E-state index in [1.54, 1.807) is 12.4 Å². The summed E-state index contributed by atoms with van der Waals surface area (Å²) in [7, 11) is 0. The van der Waals surface area contributed by atoms with Gasteiger partial charge in [-0.25, -0.2) is 15.0 Å². The summed E-state index contributed by atoms with van der Waals surface area (Å²) in [4.78, 5) is 15.3. The molecule has 0 unspecified atom stereocenters. The van der Waals surface area contributed by atoms with E-state index in [0.717, 1.165) is 60.6 Å². The second kappa shape index (κ2) is 6.57. The maximum atomic E-state index is 9.87. The second-order valence-electron chi connectivity index (χ2n) is 7.05. The molecule has 1 saturated carbocycles. The summed E-state index contributed by atoms with van der Waals surface area (Å²) >= 11 is 0. The molecule has 0 radical (unpaired) electrons. The molecule has 7 nitrogen and oxygen atoms in total. The Labute approximate surface area is 153 Å². The zero-order valence-corrected chi connectivity index (χ0v) is 14.9. The van der Waals surface area contributed by atoms with E-state index in [0.29, 0.717) is 0 Å². The molecule has 0 bridgehead atoms. The number of nitrogens with one attached hydrogen (secondary N) is 1. The Hall–Kier alpha value is -2.67. The van der Waals surface area contributed by atoms with Gasteiger partial charge in [0.25, 0.3) is 0 Å². The predicted molar refractivity (Wildman–Crippen MR) is 102 cm³/mol. The zero-order valence-electron chi connectivity index (χ0n) is 14.9. The number of aliphatic hydroxyl groups is 1. The van der Waals surface area contributed by atoms with Gasteiger partial charge in [-0.05, 0) is 50.1 Å². The summed E-state index contributed by atoms with van der Waals surface area (Å²) in [5.74, 6) is 1.09. The molecule has 3 heterocycles. The fraction of sp³-hybridized carbons (Fsp3) is 0.421. The van der Waals surface area contributed by atoms with Crippen molar-refractivity contribution in [3.63, 3.8) is 0 Å². The standard InChI is InChI=1S/C19H24N6O/c1-2-25-7-4-13-8-16(14-9-21-18(20)22-10-14)23-17(15(13)11-25)24-19(12-26)5-3-6-19/h4,7-10,26H,2-3,5-6,11-12H2,1H3,(H,23,24)(H2,20,21,22). The van der Waals surface area contributed by atoms with E-state index >= 15 is 0 Å². The van der Waals surface area contributed by atoms with E-state index in [4.69, 9.17) is 10.7 Å². The van der Waals surface area contributed by atoms with Gasteiger partial charge in [0.15, 0.2) is 0 Å². The van der Waals surface area contributed by atoms with Crippen LogP contribution in [-0.4, -0.2) is 43.6 Å². The Morgan fingerprint density at radius 3 is 2.69 bits per heavy atom. The minimum absolute atomic E-state index is 0.117. The van der Waals surface area contributed by atoms with Crippen molar-refractivity contribution in [1.82, 2.24) is 19.9 Å². The number of nitrogens with two attached hydrogens (primary N) is 1. The van der Waals surface area contributed by atoms with E-state index in [2.05, 4.69) is 45.5 Å². The first kappa shape index (κ1) is 16.8. The lowest BCUT2D eigenvalue weighted by atomic mass is 9.77. The third-order valence-electron chi connectivity index (χ3n) is 5.36. The Kier molecular flexibility index (Phi) is 4.24. The number of rotatable bonds is 5. The number of anilines is 2. The normalized spacial score (nSPS) is 17.5. The first-order valence-electron chi connectivity index (χ1n) is 9.05. The molecule has 0 amide bonds. The van der Waals surface area contributed by atoms with Crippen molar-refractivity contribution in [2.24, 2.45) is 0 Å². The first-order valence-corrected chi connectivity index (χ1v) is 9.05. The van der Waals surface area contributed by atoms with Crippen LogP contribution in [-0.2, 0) is 6.54 Å². The number of aromatic nitrogens is 3. The van der Waals surface area contributed by atoms with Crippen LogP contribution in [0.3, 0.4) is 0 Å². The molecule has 0 aromatic carbocycles. The summed E-state index contributed by atoms with van der Waals surface area (Å²) in [6.45, 7) is 3.99. The van der Waals surface area contributed by atoms with Crippen molar-refractivity contribution in [2.75, 3.05) is 24.2 Å². The van der Waals surface area contributed by atoms with Gasteiger partial charge in [0.1, 0.15) is 5.82 Å². The highest BCUT2D eigenvalue weighted by Gasteiger charge is 2.37. The molecule has 1 aliphatic heterocycles. The summed E-state index contributed by atoms with van der Waals surface area (Å²) in [5, 5.41) is 13.4. The largest absolute Gasteiger partial charge is 0.394 e. The van der Waals surface area contributed by atoms with Crippen LogP contribution in [0.25, 0.3) is 17.3 Å². The number of nitrogen functional groups attached to an aromatic ring is 1. The first-order chi connectivity index (χ1) is 12.6. The van der Waals surface area contributed by atoms with Gasteiger partial charge in [0.2, 0.25) is 5.95 Å². The number of hydrogen-bond acceptors (Lipinski definition) is 7. The van der Waals surface area contributed by atoms with E-state index in [1.807, 2.05) is 0 Å². The summed E-state index contributed by atoms with van der Waals surface area (Å²) in [6.07, 6.45) is 10.7. The predicted octanol–water partition coefficient (Wildman–Crippen LogP) is 2.25. The van der Waals surface area contributed by atoms with Crippen molar-refractivity contribution in [3.8, 4) is 11.3 Å². The van der Waals surface area contributed by atoms with Crippen LogP contribution >= 0.6 is 0 Å². The highest BCUT2D eigenvalue weighted by Crippen LogP contribution is 2.38. The number of fused-ring (bicyclic) bond motifs is 1.